The summed E-state index contributed by atoms with van der Waals surface area (Å²) in [5, 5.41) is 81.8. The zero-order chi connectivity index (χ0) is 93.3. The second-order valence-corrected chi connectivity index (χ2v) is 30.4. The normalized spacial score (nSPS) is 21.9. The molecule has 0 radical (unpaired) electrons. The number of H-pyrrole nitrogens is 1. The number of anilines is 1. The second kappa shape index (κ2) is 52.7. The molecule has 0 bridgehead atoms. The summed E-state index contributed by atoms with van der Waals surface area (Å²) in [6, 6.07) is -11.0. The van der Waals surface area contributed by atoms with Crippen LogP contribution in [0.15, 0.2) is 66.9 Å². The third-order valence-electron chi connectivity index (χ3n) is 20.1. The molecule has 3 aromatic rings. The van der Waals surface area contributed by atoms with Gasteiger partial charge >= 0.3 is 35.9 Å². The van der Waals surface area contributed by atoms with E-state index < -0.39 is 274 Å². The van der Waals surface area contributed by atoms with E-state index >= 15 is 0 Å². The van der Waals surface area contributed by atoms with Crippen LogP contribution in [0.4, 0.5) is 10.5 Å². The van der Waals surface area contributed by atoms with E-state index in [0.717, 1.165) is 59.3 Å². The number of hydrogen-bond donors (Lipinski definition) is 22. The molecule has 2 aromatic carbocycles. The van der Waals surface area contributed by atoms with Crippen molar-refractivity contribution in [2.75, 3.05) is 32.0 Å². The highest BCUT2D eigenvalue weighted by atomic mass is 16.6. The molecule has 1 aliphatic carbocycles. The number of ether oxygens (including phenoxy) is 2. The van der Waals surface area contributed by atoms with E-state index in [1.807, 2.05) is 28.1 Å². The van der Waals surface area contributed by atoms with Gasteiger partial charge < -0.3 is 126 Å². The monoisotopic (exact) mass is 1770 g/mol. The van der Waals surface area contributed by atoms with Crippen LogP contribution in [-0.2, 0) is 107 Å². The van der Waals surface area contributed by atoms with Gasteiger partial charge in [0.15, 0.2) is 5.78 Å². The number of carbonyl (C=O) groups is 21. The lowest BCUT2D eigenvalue weighted by molar-refractivity contribution is -0.156. The fourth-order valence-corrected chi connectivity index (χ4v) is 13.3. The van der Waals surface area contributed by atoms with Crippen LogP contribution in [0, 0.1) is 5.92 Å². The number of para-hydroxylation sites is 2. The number of alkyl carbamates (subject to hydrolysis) is 1. The van der Waals surface area contributed by atoms with E-state index in [1.54, 1.807) is 30.5 Å². The summed E-state index contributed by atoms with van der Waals surface area (Å²) in [7, 11) is 0. The van der Waals surface area contributed by atoms with Crippen LogP contribution in [0.1, 0.15) is 178 Å². The molecule has 5 rings (SSSR count). The fourth-order valence-electron chi connectivity index (χ4n) is 13.3. The Morgan fingerprint density at radius 2 is 1.13 bits per heavy atom. The Morgan fingerprint density at radius 1 is 0.563 bits per heavy atom. The number of carboxylic acid groups (broad SMARTS) is 4. The third kappa shape index (κ3) is 36.0. The van der Waals surface area contributed by atoms with Crippen LogP contribution in [0.25, 0.3) is 10.9 Å². The molecule has 126 heavy (non-hydrogen) atoms. The van der Waals surface area contributed by atoms with Gasteiger partial charge in [-0.25, -0.2) is 9.59 Å². The number of cyclic esters (lactones) is 1. The number of nitrogens with one attached hydrogen (secondary N) is 15. The summed E-state index contributed by atoms with van der Waals surface area (Å²) >= 11 is 0. The van der Waals surface area contributed by atoms with Crippen LogP contribution >= 0.6 is 0 Å². The molecule has 45 nitrogen and oxygen atoms in total. The van der Waals surface area contributed by atoms with Gasteiger partial charge in [-0.2, -0.15) is 0 Å². The maximum absolute atomic E-state index is 15.0. The van der Waals surface area contributed by atoms with Gasteiger partial charge in [-0.1, -0.05) is 94.9 Å². The molecule has 1 saturated heterocycles. The quantitative estimate of drug-likeness (QED) is 0.00901. The minimum Gasteiger partial charge on any atom is -0.481 e. The molecule has 1 unspecified atom stereocenters. The number of unbranched alkanes of at least 4 members (excludes halogenated alkanes) is 6. The third-order valence-corrected chi connectivity index (χ3v) is 20.1. The molecule has 14 atom stereocenters. The molecule has 2 aliphatic rings. The first-order valence-electron chi connectivity index (χ1n) is 41.1. The number of aliphatic hydroxyl groups excluding tert-OH is 1. The van der Waals surface area contributed by atoms with Crippen LogP contribution in [0.2, 0.25) is 0 Å². The molecule has 15 amide bonds. The maximum Gasteiger partial charge on any atom is 0.407 e. The highest BCUT2D eigenvalue weighted by Crippen LogP contribution is 2.23. The Bertz CT molecular complexity index is 4440. The summed E-state index contributed by atoms with van der Waals surface area (Å²) in [5.41, 5.74) is 12.4. The number of hydrogen-bond acceptors (Lipinski definition) is 25. The summed E-state index contributed by atoms with van der Waals surface area (Å²) in [5.74, 6) is -30.2. The average molecular weight is 1770 g/mol. The predicted molar refractivity (Wildman–Crippen MR) is 442 cm³/mol. The first kappa shape index (κ1) is 103. The minimum absolute atomic E-state index is 0.0290. The molecular formula is C81H113N17O28. The van der Waals surface area contributed by atoms with E-state index in [2.05, 4.69) is 70.4 Å². The Morgan fingerprint density at radius 3 is 1.78 bits per heavy atom. The number of nitrogens with two attached hydrogens (primary N) is 2. The van der Waals surface area contributed by atoms with E-state index in [1.165, 1.54) is 24.3 Å². The molecular weight excluding hydrogens is 1660 g/mol. The summed E-state index contributed by atoms with van der Waals surface area (Å²) in [6.45, 7) is 0.886. The molecule has 45 heteroatoms. The number of rotatable bonds is 37. The van der Waals surface area contributed by atoms with Gasteiger partial charge in [0.25, 0.3) is 0 Å². The number of aliphatic carboxylic acids is 4. The van der Waals surface area contributed by atoms with E-state index in [0.29, 0.717) is 55.0 Å². The molecule has 0 spiro atoms. The zero-order valence-electron chi connectivity index (χ0n) is 70.1. The first-order valence-corrected chi connectivity index (χ1v) is 41.1. The number of amides is 15. The Balaban J connectivity index is 1.63. The lowest BCUT2D eigenvalue weighted by Gasteiger charge is -2.30. The summed E-state index contributed by atoms with van der Waals surface area (Å²) in [6.07, 6.45) is 2.71. The van der Waals surface area contributed by atoms with E-state index in [4.69, 9.17) is 20.9 Å². The summed E-state index contributed by atoms with van der Waals surface area (Å²) in [4.78, 5) is 293. The molecule has 24 N–H and O–H groups in total. The standard InChI is InChI=1S/C81H113N17O28/c1-5-6-7-8-9-13-16-29-61(102)90-52(32-45-38-85-50-27-20-18-24-47(45)50)74(117)93-53(34-60(83)101)75(118)95-56(37-67(111)112)76(119)98-69-44(4)125-80(123)57(33-59(100)48-25-17-19-26-49(48)82)96-79(122)68(42(2)31-64(105)106)97-77(120)58(41-99)91-63(104)39-86-71(114)54(35-65(107)108)92-70(113)43(3)88-73(116)55(36-66(109)110)94-72(115)51(89-62(103)40-87-78(69)121)28-21-30-84-81(124)126-46-22-14-11-10-12-15-23-46/h10-11,17-20,24-27,38,42-44,46,51-58,68-69,85,99H,5-9,12-16,21-23,28-37,39-41,82H2,1-4H3,(H2,83,101)(H,84,124)(H,86,114)(H,87,121)(H,88,116)(H,89,103)(H,90,102)(H,91,104)(H,92,113)(H,93,117)(H,94,115)(H,95,118)(H,96,122)(H,97,120)(H,98,119)(H,105,106)(H,107,108)(H,109,110)(H,111,112)/b11-10+/t42-,43+,44+,46?,51-,52-,53-,54-,55-,56-,57-,58+,68-,69-/m0/s1. The SMILES string of the molecule is CCCCCCCCCC(=O)N[C@@H](Cc1c[nH]c2ccccc12)C(=O)N[C@@H](CC(N)=O)C(=O)N[C@@H](CC(=O)O)C(=O)N[C@@H]1C(=O)NCC(=O)N[C@@H](CCCNC(=O)OC2CC/C=C/CCC2)C(=O)N[C@@H](CC(=O)O)C(=O)N[C@H](C)C(=O)N[C@@H](CC(=O)O)C(=O)NCC(=O)N[C@H](CO)C(=O)N[C@@H]([C@@H](C)CC(=O)O)C(=O)N[C@@H](CC(=O)c2ccccc2N)C(=O)O[C@@H]1C. The highest BCUT2D eigenvalue weighted by Gasteiger charge is 2.41. The van der Waals surface area contributed by atoms with Gasteiger partial charge in [-0.05, 0) is 94.9 Å². The van der Waals surface area contributed by atoms with Gasteiger partial charge in [-0.3, -0.25) is 91.1 Å². The van der Waals surface area contributed by atoms with Crippen LogP contribution < -0.4 is 85.9 Å². The molecule has 1 fully saturated rings. The lowest BCUT2D eigenvalue weighted by atomic mass is 9.96. The van der Waals surface area contributed by atoms with Crippen LogP contribution in [0.3, 0.4) is 0 Å². The number of carboxylic acids is 4. The number of esters is 1. The first-order chi connectivity index (χ1) is 59.8. The van der Waals surface area contributed by atoms with Crippen molar-refractivity contribution in [3.05, 3.63) is 78.0 Å². The van der Waals surface area contributed by atoms with Gasteiger partial charge in [0, 0.05) is 54.2 Å². The molecule has 1 aliphatic heterocycles. The van der Waals surface area contributed by atoms with E-state index in [9.17, 15) is 126 Å². The minimum atomic E-state index is -2.49. The molecule has 1 aromatic heterocycles. The number of ketones is 1. The number of fused-ring (bicyclic) bond motifs is 1. The molecule has 2 heterocycles. The number of Topliss-reactive ketones (excluding diaryl/α,β-unsaturated/α-hetero) is 1. The number of carbonyl (C=O) groups excluding carboxylic acids is 17. The van der Waals surface area contributed by atoms with Gasteiger partial charge in [-0.15, -0.1) is 0 Å². The number of aromatic amines is 1. The van der Waals surface area contributed by atoms with Gasteiger partial charge in [0.05, 0.1) is 51.8 Å². The fraction of sp³-hybridized carbons (Fsp3) is 0.543. The highest BCUT2D eigenvalue weighted by molar-refractivity contribution is 6.05. The number of allylic oxidation sites excluding steroid dienone is 2. The van der Waals surface area contributed by atoms with Crippen LogP contribution in [0.5, 0.6) is 0 Å². The Hall–Kier alpha value is -13.7. The average Bonchev–Trinajstić information content (AvgIpc) is 1.60. The number of aliphatic hydroxyl groups is 1. The van der Waals surface area contributed by atoms with Crippen molar-refractivity contribution >= 4 is 141 Å². The van der Waals surface area contributed by atoms with Crippen molar-refractivity contribution in [2.24, 2.45) is 11.7 Å². The number of primary amides is 1. The smallest absolute Gasteiger partial charge is 0.407 e. The largest absolute Gasteiger partial charge is 0.481 e. The number of aromatic nitrogens is 1. The van der Waals surface area contributed by atoms with Crippen molar-refractivity contribution in [1.29, 1.82) is 0 Å². The Kier molecular flexibility index (Phi) is 43.1. The topological polar surface area (TPSA) is 714 Å². The van der Waals surface area contributed by atoms with Crippen molar-refractivity contribution in [2.45, 2.75) is 248 Å². The zero-order valence-corrected chi connectivity index (χ0v) is 70.1. The van der Waals surface area contributed by atoms with Crippen molar-refractivity contribution in [3.8, 4) is 0 Å². The maximum atomic E-state index is 15.0. The number of benzene rings is 2. The van der Waals surface area contributed by atoms with Gasteiger partial charge in [0.1, 0.15) is 78.7 Å². The van der Waals surface area contributed by atoms with E-state index in [-0.39, 0.29) is 37.1 Å². The number of nitrogen functional groups attached to an aromatic ring is 1. The lowest BCUT2D eigenvalue weighted by Crippen LogP contribution is -2.62. The second-order valence-electron chi connectivity index (χ2n) is 30.4. The van der Waals surface area contributed by atoms with Crippen molar-refractivity contribution in [1.82, 2.24) is 79.4 Å². The van der Waals surface area contributed by atoms with Crippen LogP contribution in [-0.4, -0.2) is 260 Å². The molecule has 0 saturated carbocycles. The summed E-state index contributed by atoms with van der Waals surface area (Å²) < 4.78 is 11.3. The Labute approximate surface area is 722 Å². The van der Waals surface area contributed by atoms with Crippen molar-refractivity contribution in [3.63, 3.8) is 0 Å². The molecule has 690 valence electrons. The van der Waals surface area contributed by atoms with Gasteiger partial charge in [0.2, 0.25) is 82.7 Å². The predicted octanol–water partition coefficient (Wildman–Crippen LogP) is -2.97. The van der Waals surface area contributed by atoms with Crippen molar-refractivity contribution < 1.29 is 136 Å².